The maximum absolute atomic E-state index is 10.8. The molecule has 0 saturated heterocycles. The average Bonchev–Trinajstić information content (AvgIpc) is 2.50. The Labute approximate surface area is 74.9 Å². The number of hydrogen-bond donors (Lipinski definition) is 2. The molecule has 0 unspecified atom stereocenters. The molecular weight excluding hydrogens is 174 g/mol. The van der Waals surface area contributed by atoms with E-state index in [2.05, 4.69) is 14.7 Å². The lowest BCUT2D eigenvalue weighted by Crippen LogP contribution is -2.20. The lowest BCUT2D eigenvalue weighted by atomic mass is 9.96. The van der Waals surface area contributed by atoms with Gasteiger partial charge in [0.25, 0.3) is 0 Å². The van der Waals surface area contributed by atoms with Gasteiger partial charge in [0.05, 0.1) is 0 Å². The highest BCUT2D eigenvalue weighted by molar-refractivity contribution is 5.88. The molecule has 0 radical (unpaired) electrons. The van der Waals surface area contributed by atoms with Gasteiger partial charge in [0, 0.05) is 5.41 Å². The summed E-state index contributed by atoms with van der Waals surface area (Å²) < 4.78 is 4.61. The molecule has 1 rings (SSSR count). The van der Waals surface area contributed by atoms with E-state index < -0.39 is 5.91 Å². The molecule has 0 spiro atoms. The summed E-state index contributed by atoms with van der Waals surface area (Å²) in [6.07, 6.45) is 0. The second-order valence-electron chi connectivity index (χ2n) is 3.61. The highest BCUT2D eigenvalue weighted by Crippen LogP contribution is 2.18. The third-order valence-electron chi connectivity index (χ3n) is 1.39. The number of amides is 1. The molecule has 0 aromatic carbocycles. The van der Waals surface area contributed by atoms with Crippen molar-refractivity contribution in [3.05, 3.63) is 11.7 Å². The van der Waals surface area contributed by atoms with Crippen molar-refractivity contribution < 1.29 is 14.5 Å². The number of hydrogen-bond acceptors (Lipinski definition) is 5. The molecule has 2 N–H and O–H groups in total. The second-order valence-corrected chi connectivity index (χ2v) is 3.61. The lowest BCUT2D eigenvalue weighted by molar-refractivity contribution is 0.0659. The van der Waals surface area contributed by atoms with Gasteiger partial charge in [0.1, 0.15) is 0 Å². The quantitative estimate of drug-likeness (QED) is 0.491. The van der Waals surface area contributed by atoms with Crippen molar-refractivity contribution in [1.29, 1.82) is 0 Å². The Bertz CT molecular complexity index is 313. The maximum atomic E-state index is 10.8. The lowest BCUT2D eigenvalue weighted by Gasteiger charge is -2.10. The molecule has 6 heteroatoms. The van der Waals surface area contributed by atoms with Crippen LogP contribution in [0.25, 0.3) is 0 Å². The van der Waals surface area contributed by atoms with Crippen molar-refractivity contribution in [1.82, 2.24) is 15.6 Å². The van der Waals surface area contributed by atoms with Crippen LogP contribution in [-0.4, -0.2) is 21.3 Å². The van der Waals surface area contributed by atoms with Gasteiger partial charge in [0.2, 0.25) is 0 Å². The molecule has 0 fully saturated rings. The topological polar surface area (TPSA) is 88.2 Å². The van der Waals surface area contributed by atoms with Crippen LogP contribution in [0.3, 0.4) is 0 Å². The van der Waals surface area contributed by atoms with E-state index in [0.29, 0.717) is 5.82 Å². The van der Waals surface area contributed by atoms with Gasteiger partial charge in [0.15, 0.2) is 5.82 Å². The fourth-order valence-electron chi connectivity index (χ4n) is 0.668. The summed E-state index contributed by atoms with van der Waals surface area (Å²) in [6.45, 7) is 5.66. The Kier molecular flexibility index (Phi) is 2.33. The number of carbonyl (C=O) groups excluding carboxylic acids is 1. The number of hydroxylamine groups is 1. The first-order chi connectivity index (χ1) is 5.95. The fourth-order valence-corrected chi connectivity index (χ4v) is 0.668. The predicted octanol–water partition coefficient (Wildman–Crippen LogP) is 0.486. The van der Waals surface area contributed by atoms with Gasteiger partial charge in [-0.2, -0.15) is 4.98 Å². The second kappa shape index (κ2) is 3.14. The van der Waals surface area contributed by atoms with Crippen molar-refractivity contribution in [2.75, 3.05) is 0 Å². The molecular formula is C7H11N3O3. The molecule has 1 aromatic rings. The third-order valence-corrected chi connectivity index (χ3v) is 1.39. The van der Waals surface area contributed by atoms with E-state index in [0.717, 1.165) is 0 Å². The fraction of sp³-hybridized carbons (Fsp3) is 0.571. The highest BCUT2D eigenvalue weighted by Gasteiger charge is 2.23. The molecule has 0 aliphatic rings. The summed E-state index contributed by atoms with van der Waals surface area (Å²) in [5.41, 5.74) is 1.13. The van der Waals surface area contributed by atoms with Crippen molar-refractivity contribution >= 4 is 5.91 Å². The van der Waals surface area contributed by atoms with Crippen LogP contribution >= 0.6 is 0 Å². The van der Waals surface area contributed by atoms with Gasteiger partial charge in [-0.25, -0.2) is 5.48 Å². The van der Waals surface area contributed by atoms with Crippen LogP contribution in [0.1, 0.15) is 37.3 Å². The summed E-state index contributed by atoms with van der Waals surface area (Å²) in [7, 11) is 0. The summed E-state index contributed by atoms with van der Waals surface area (Å²) >= 11 is 0. The number of nitrogens with one attached hydrogen (secondary N) is 1. The zero-order valence-electron chi connectivity index (χ0n) is 7.66. The van der Waals surface area contributed by atoms with E-state index in [1.807, 2.05) is 20.8 Å². The van der Waals surface area contributed by atoms with Crippen LogP contribution in [0.4, 0.5) is 0 Å². The van der Waals surface area contributed by atoms with E-state index in [4.69, 9.17) is 5.21 Å². The number of aromatic nitrogens is 2. The Balaban J connectivity index is 2.93. The number of rotatable bonds is 1. The summed E-state index contributed by atoms with van der Waals surface area (Å²) in [5.74, 6) is -0.624. The first kappa shape index (κ1) is 9.66. The normalized spacial score (nSPS) is 11.4. The zero-order valence-corrected chi connectivity index (χ0v) is 7.66. The Morgan fingerprint density at radius 2 is 2.15 bits per heavy atom. The first-order valence-corrected chi connectivity index (χ1v) is 3.74. The van der Waals surface area contributed by atoms with Gasteiger partial charge in [-0.05, 0) is 0 Å². The number of nitrogens with zero attached hydrogens (tertiary/aromatic N) is 2. The highest BCUT2D eigenvalue weighted by atomic mass is 16.5. The van der Waals surface area contributed by atoms with Gasteiger partial charge in [-0.15, -0.1) is 0 Å². The van der Waals surface area contributed by atoms with Crippen LogP contribution in [0.15, 0.2) is 4.52 Å². The van der Waals surface area contributed by atoms with Crippen molar-refractivity contribution in [2.45, 2.75) is 26.2 Å². The minimum Gasteiger partial charge on any atom is -0.328 e. The molecule has 0 aliphatic heterocycles. The monoisotopic (exact) mass is 185 g/mol. The van der Waals surface area contributed by atoms with Gasteiger partial charge < -0.3 is 4.52 Å². The minimum absolute atomic E-state index is 0.243. The summed E-state index contributed by atoms with van der Waals surface area (Å²) in [5, 5.41) is 11.9. The van der Waals surface area contributed by atoms with Crippen LogP contribution in [0.5, 0.6) is 0 Å². The molecule has 0 saturated carbocycles. The largest absolute Gasteiger partial charge is 0.333 e. The predicted molar refractivity (Wildman–Crippen MR) is 42.3 cm³/mol. The van der Waals surface area contributed by atoms with E-state index in [-0.39, 0.29) is 11.3 Å². The van der Waals surface area contributed by atoms with Crippen LogP contribution in [0.2, 0.25) is 0 Å². The van der Waals surface area contributed by atoms with Gasteiger partial charge in [-0.3, -0.25) is 10.0 Å². The van der Waals surface area contributed by atoms with Crippen LogP contribution in [0, 0.1) is 0 Å². The summed E-state index contributed by atoms with van der Waals surface area (Å²) in [6, 6.07) is 0. The van der Waals surface area contributed by atoms with Crippen molar-refractivity contribution in [3.63, 3.8) is 0 Å². The minimum atomic E-state index is -0.803. The van der Waals surface area contributed by atoms with Crippen LogP contribution in [-0.2, 0) is 5.41 Å². The summed E-state index contributed by atoms with van der Waals surface area (Å²) in [4.78, 5) is 14.6. The molecule has 0 bridgehead atoms. The van der Waals surface area contributed by atoms with Crippen LogP contribution < -0.4 is 5.48 Å². The molecule has 13 heavy (non-hydrogen) atoms. The molecule has 72 valence electrons. The molecule has 1 heterocycles. The smallest absolute Gasteiger partial charge is 0.328 e. The Morgan fingerprint density at radius 3 is 2.54 bits per heavy atom. The van der Waals surface area contributed by atoms with Gasteiger partial charge in [-0.1, -0.05) is 25.9 Å². The molecule has 1 aromatic heterocycles. The standard InChI is InChI=1S/C7H11N3O3/c1-7(2,3)6-8-5(13-10-6)4(11)9-12/h12H,1-3H3,(H,9,11). The first-order valence-electron chi connectivity index (χ1n) is 3.74. The van der Waals surface area contributed by atoms with Crippen molar-refractivity contribution in [2.24, 2.45) is 0 Å². The maximum Gasteiger partial charge on any atom is 0.333 e. The van der Waals surface area contributed by atoms with E-state index in [1.165, 1.54) is 5.48 Å². The zero-order chi connectivity index (χ0) is 10.1. The SMILES string of the molecule is CC(C)(C)c1noc(C(=O)NO)n1. The molecule has 1 amide bonds. The van der Waals surface area contributed by atoms with Gasteiger partial charge >= 0.3 is 11.8 Å². The molecule has 0 aliphatic carbocycles. The third kappa shape index (κ3) is 2.03. The number of carbonyl (C=O) groups is 1. The van der Waals surface area contributed by atoms with Crippen molar-refractivity contribution in [3.8, 4) is 0 Å². The average molecular weight is 185 g/mol. The van der Waals surface area contributed by atoms with E-state index in [1.54, 1.807) is 0 Å². The molecule has 6 nitrogen and oxygen atoms in total. The van der Waals surface area contributed by atoms with E-state index >= 15 is 0 Å². The Hall–Kier alpha value is -1.43. The van der Waals surface area contributed by atoms with E-state index in [9.17, 15) is 4.79 Å². The Morgan fingerprint density at radius 1 is 1.54 bits per heavy atom. The molecule has 0 atom stereocenters.